The van der Waals surface area contributed by atoms with Gasteiger partial charge in [0.2, 0.25) is 0 Å². The average molecular weight is 278 g/mol. The van der Waals surface area contributed by atoms with Crippen molar-refractivity contribution in [3.8, 4) is 0 Å². The smallest absolute Gasteiger partial charge is 0.127 e. The van der Waals surface area contributed by atoms with Crippen LogP contribution in [0.1, 0.15) is 24.0 Å². The van der Waals surface area contributed by atoms with E-state index in [0.717, 1.165) is 4.48 Å². The Morgan fingerprint density at radius 3 is 2.00 bits per heavy atom. The van der Waals surface area contributed by atoms with E-state index in [1.54, 1.807) is 0 Å². The Morgan fingerprint density at radius 2 is 1.43 bits per heavy atom. The van der Waals surface area contributed by atoms with Crippen LogP contribution in [0.3, 0.4) is 0 Å². The number of rotatable bonds is 3. The van der Waals surface area contributed by atoms with Crippen molar-refractivity contribution >= 4 is 5.57 Å². The molecule has 1 aliphatic heterocycles. The topological polar surface area (TPSA) is 0 Å². The molecule has 1 aliphatic rings. The highest BCUT2D eigenvalue weighted by molar-refractivity contribution is 5.68. The van der Waals surface area contributed by atoms with E-state index in [-0.39, 0.29) is 0 Å². The zero-order valence-electron chi connectivity index (χ0n) is 13.2. The quantitative estimate of drug-likeness (QED) is 0.733. The van der Waals surface area contributed by atoms with Crippen molar-refractivity contribution < 1.29 is 4.48 Å². The van der Waals surface area contributed by atoms with Gasteiger partial charge in [-0.25, -0.2) is 0 Å². The molecule has 1 fully saturated rings. The Bertz CT molecular complexity index is 627. The molecule has 1 saturated heterocycles. The highest BCUT2D eigenvalue weighted by Crippen LogP contribution is 2.49. The van der Waals surface area contributed by atoms with E-state index in [0.29, 0.717) is 18.0 Å². The molecule has 0 aromatic heterocycles. The predicted molar refractivity (Wildman–Crippen MR) is 90.0 cm³/mol. The number of hydrogen-bond acceptors (Lipinski definition) is 0. The van der Waals surface area contributed by atoms with Gasteiger partial charge in [0.05, 0.1) is 26.1 Å². The lowest BCUT2D eigenvalue weighted by atomic mass is 9.70. The summed E-state index contributed by atoms with van der Waals surface area (Å²) in [6.45, 7) is 6.79. The predicted octanol–water partition coefficient (Wildman–Crippen LogP) is 4.33. The molecule has 108 valence electrons. The number of nitrogens with zero attached hydrogens (tertiary/aromatic N) is 1. The van der Waals surface area contributed by atoms with Crippen molar-refractivity contribution in [3.63, 3.8) is 0 Å². The van der Waals surface area contributed by atoms with Crippen LogP contribution in [0.5, 0.6) is 0 Å². The third-order valence-corrected chi connectivity index (χ3v) is 5.31. The normalized spacial score (nSPS) is 26.9. The standard InChI is InChI=1S/C20H24N/c1-15(17-11-7-5-8-12-17)20-19(16(2)21(20,3)4)18-13-9-6-10-14-18/h5-14,16,19-20H,1H2,2-4H3/q+1/t16-,19+,20+/m0/s1. The van der Waals surface area contributed by atoms with Gasteiger partial charge in [0, 0.05) is 5.57 Å². The minimum absolute atomic E-state index is 0.449. The van der Waals surface area contributed by atoms with E-state index in [4.69, 9.17) is 0 Å². The number of likely N-dealkylation sites (tertiary alicyclic amines) is 1. The van der Waals surface area contributed by atoms with Gasteiger partial charge in [0.25, 0.3) is 0 Å². The van der Waals surface area contributed by atoms with Crippen LogP contribution in [0.2, 0.25) is 0 Å². The summed E-state index contributed by atoms with van der Waals surface area (Å²) in [6.07, 6.45) is 0. The molecule has 0 bridgehead atoms. The Morgan fingerprint density at radius 1 is 0.905 bits per heavy atom. The fraction of sp³-hybridized carbons (Fsp3) is 0.300. The molecule has 3 rings (SSSR count). The molecule has 0 unspecified atom stereocenters. The van der Waals surface area contributed by atoms with Gasteiger partial charge in [0.1, 0.15) is 6.04 Å². The fourth-order valence-corrected chi connectivity index (χ4v) is 3.82. The molecule has 0 radical (unpaired) electrons. The van der Waals surface area contributed by atoms with Crippen molar-refractivity contribution in [2.75, 3.05) is 14.1 Å². The van der Waals surface area contributed by atoms with Crippen molar-refractivity contribution in [3.05, 3.63) is 78.4 Å². The molecule has 1 heteroatoms. The number of likely N-dealkylation sites (N-methyl/N-ethyl adjacent to an activating group) is 1. The maximum Gasteiger partial charge on any atom is 0.127 e. The molecular weight excluding hydrogens is 254 g/mol. The largest absolute Gasteiger partial charge is 0.319 e. The lowest BCUT2D eigenvalue weighted by Gasteiger charge is -2.59. The molecular formula is C20H24N+. The molecule has 0 aliphatic carbocycles. The second kappa shape index (κ2) is 5.16. The molecule has 1 nitrogen and oxygen atoms in total. The van der Waals surface area contributed by atoms with Gasteiger partial charge in [-0.2, -0.15) is 0 Å². The van der Waals surface area contributed by atoms with Crippen LogP contribution in [0.25, 0.3) is 5.57 Å². The van der Waals surface area contributed by atoms with Crippen molar-refractivity contribution in [2.45, 2.75) is 24.9 Å². The number of hydrogen-bond donors (Lipinski definition) is 0. The summed E-state index contributed by atoms with van der Waals surface area (Å²) in [5, 5.41) is 0. The van der Waals surface area contributed by atoms with Crippen molar-refractivity contribution in [1.82, 2.24) is 0 Å². The second-order valence-electron chi connectivity index (χ2n) is 6.64. The Hall–Kier alpha value is -1.86. The molecule has 0 N–H and O–H groups in total. The Labute approximate surface area is 128 Å². The molecule has 2 aromatic carbocycles. The SMILES string of the molecule is C=C(c1ccccc1)[C@@H]1[C@@H](c2ccccc2)[C@H](C)[N+]1(C)C. The van der Waals surface area contributed by atoms with Gasteiger partial charge in [-0.3, -0.25) is 0 Å². The lowest BCUT2D eigenvalue weighted by Crippen LogP contribution is -2.70. The summed E-state index contributed by atoms with van der Waals surface area (Å²) < 4.78 is 1.01. The van der Waals surface area contributed by atoms with Gasteiger partial charge < -0.3 is 4.48 Å². The van der Waals surface area contributed by atoms with E-state index in [9.17, 15) is 0 Å². The van der Waals surface area contributed by atoms with Crippen LogP contribution < -0.4 is 0 Å². The zero-order chi connectivity index (χ0) is 15.0. The van der Waals surface area contributed by atoms with Crippen molar-refractivity contribution in [2.24, 2.45) is 0 Å². The molecule has 2 aromatic rings. The van der Waals surface area contributed by atoms with Crippen LogP contribution in [0, 0.1) is 0 Å². The minimum Gasteiger partial charge on any atom is -0.319 e. The summed E-state index contributed by atoms with van der Waals surface area (Å²) in [5.74, 6) is 0.550. The van der Waals surface area contributed by atoms with E-state index < -0.39 is 0 Å². The molecule has 3 atom stereocenters. The number of quaternary nitrogens is 1. The molecule has 0 amide bonds. The lowest BCUT2D eigenvalue weighted by molar-refractivity contribution is -0.975. The highest BCUT2D eigenvalue weighted by Gasteiger charge is 2.57. The van der Waals surface area contributed by atoms with E-state index >= 15 is 0 Å². The molecule has 1 heterocycles. The summed E-state index contributed by atoms with van der Waals surface area (Å²) in [5.41, 5.74) is 3.96. The molecule has 21 heavy (non-hydrogen) atoms. The van der Waals surface area contributed by atoms with Crippen molar-refractivity contribution in [1.29, 1.82) is 0 Å². The molecule has 0 spiro atoms. The Balaban J connectivity index is 1.97. The van der Waals surface area contributed by atoms with Crippen LogP contribution in [0.4, 0.5) is 0 Å². The highest BCUT2D eigenvalue weighted by atomic mass is 15.4. The van der Waals surface area contributed by atoms with E-state index in [2.05, 4.69) is 88.3 Å². The first-order chi connectivity index (χ1) is 10.0. The average Bonchev–Trinajstić information content (AvgIpc) is 2.53. The van der Waals surface area contributed by atoms with E-state index in [1.807, 2.05) is 0 Å². The third-order valence-electron chi connectivity index (χ3n) is 5.31. The maximum absolute atomic E-state index is 4.44. The summed E-state index contributed by atoms with van der Waals surface area (Å²) in [6, 6.07) is 22.6. The monoisotopic (exact) mass is 278 g/mol. The first kappa shape index (κ1) is 14.1. The zero-order valence-corrected chi connectivity index (χ0v) is 13.2. The summed E-state index contributed by atoms with van der Waals surface area (Å²) in [4.78, 5) is 0. The first-order valence-corrected chi connectivity index (χ1v) is 7.66. The number of benzene rings is 2. The third kappa shape index (κ3) is 2.22. The van der Waals surface area contributed by atoms with Crippen LogP contribution in [-0.4, -0.2) is 30.7 Å². The van der Waals surface area contributed by atoms with Crippen LogP contribution in [0.15, 0.2) is 67.2 Å². The van der Waals surface area contributed by atoms with Gasteiger partial charge in [-0.05, 0) is 18.1 Å². The fourth-order valence-electron chi connectivity index (χ4n) is 3.82. The molecule has 0 saturated carbocycles. The Kier molecular flexibility index (Phi) is 3.46. The summed E-state index contributed by atoms with van der Waals surface area (Å²) >= 11 is 0. The van der Waals surface area contributed by atoms with Gasteiger partial charge in [-0.1, -0.05) is 67.2 Å². The minimum atomic E-state index is 0.449. The van der Waals surface area contributed by atoms with Gasteiger partial charge in [0.15, 0.2) is 0 Å². The second-order valence-corrected chi connectivity index (χ2v) is 6.64. The first-order valence-electron chi connectivity index (χ1n) is 7.66. The van der Waals surface area contributed by atoms with E-state index in [1.165, 1.54) is 16.7 Å². The maximum atomic E-state index is 4.44. The summed E-state index contributed by atoms with van der Waals surface area (Å²) in [7, 11) is 4.64. The van der Waals surface area contributed by atoms with Gasteiger partial charge in [-0.15, -0.1) is 0 Å². The van der Waals surface area contributed by atoms with Crippen LogP contribution in [-0.2, 0) is 0 Å². The van der Waals surface area contributed by atoms with Crippen LogP contribution >= 0.6 is 0 Å². The van der Waals surface area contributed by atoms with Gasteiger partial charge >= 0.3 is 0 Å².